The Morgan fingerprint density at radius 2 is 2.16 bits per heavy atom. The van der Waals surface area contributed by atoms with Crippen molar-refractivity contribution in [2.24, 2.45) is 0 Å². The Kier molecular flexibility index (Phi) is 3.66. The maximum absolute atomic E-state index is 13.0. The van der Waals surface area contributed by atoms with E-state index in [0.717, 1.165) is 6.07 Å². The number of alkyl halides is 3. The van der Waals surface area contributed by atoms with Gasteiger partial charge in [0.2, 0.25) is 0 Å². The Hall–Kier alpha value is -1.76. The average molecular weight is 274 g/mol. The molecule has 1 fully saturated rings. The third-order valence-electron chi connectivity index (χ3n) is 2.96. The van der Waals surface area contributed by atoms with Gasteiger partial charge in [-0.05, 0) is 18.2 Å². The first-order chi connectivity index (χ1) is 8.93. The minimum absolute atomic E-state index is 0.0342. The number of carbonyl (C=O) groups excluding carboxylic acids is 1. The number of rotatable bonds is 2. The van der Waals surface area contributed by atoms with E-state index in [1.165, 1.54) is 17.0 Å². The monoisotopic (exact) mass is 274 g/mol. The van der Waals surface area contributed by atoms with Gasteiger partial charge < -0.3 is 20.2 Å². The van der Waals surface area contributed by atoms with Gasteiger partial charge in [-0.25, -0.2) is 0 Å². The molecule has 7 heteroatoms. The molecule has 1 saturated heterocycles. The van der Waals surface area contributed by atoms with Crippen LogP contribution < -0.4 is 10.6 Å². The van der Waals surface area contributed by atoms with E-state index in [1.807, 2.05) is 0 Å². The summed E-state index contributed by atoms with van der Waals surface area (Å²) in [4.78, 5) is 12.3. The van der Waals surface area contributed by atoms with Gasteiger partial charge in [-0.15, -0.1) is 0 Å². The Bertz CT molecular complexity index is 477. The lowest BCUT2D eigenvalue weighted by Gasteiger charge is -2.35. The van der Waals surface area contributed by atoms with Crippen LogP contribution in [0.25, 0.3) is 0 Å². The van der Waals surface area contributed by atoms with Crippen LogP contribution in [0.4, 0.5) is 24.5 Å². The molecule has 2 rings (SSSR count). The Morgan fingerprint density at radius 3 is 2.79 bits per heavy atom. The number of benzene rings is 1. The first-order valence-electron chi connectivity index (χ1n) is 5.70. The van der Waals surface area contributed by atoms with E-state index in [2.05, 4.69) is 0 Å². The fourth-order valence-corrected chi connectivity index (χ4v) is 2.07. The lowest BCUT2D eigenvalue weighted by atomic mass is 10.1. The first kappa shape index (κ1) is 13.7. The van der Waals surface area contributed by atoms with Crippen molar-refractivity contribution in [2.75, 3.05) is 30.4 Å². The third-order valence-corrected chi connectivity index (χ3v) is 2.96. The van der Waals surface area contributed by atoms with E-state index in [4.69, 9.17) is 10.5 Å². The quantitative estimate of drug-likeness (QED) is 0.658. The zero-order chi connectivity index (χ0) is 14.0. The number of carbonyl (C=O) groups is 1. The number of nitrogens with zero attached hydrogens (tertiary/aromatic N) is 1. The highest BCUT2D eigenvalue weighted by Crippen LogP contribution is 2.38. The van der Waals surface area contributed by atoms with Crippen molar-refractivity contribution in [1.29, 1.82) is 0 Å². The highest BCUT2D eigenvalue weighted by atomic mass is 19.4. The lowest BCUT2D eigenvalue weighted by molar-refractivity contribution is -0.137. The van der Waals surface area contributed by atoms with Gasteiger partial charge >= 0.3 is 6.18 Å². The van der Waals surface area contributed by atoms with Crippen LogP contribution in [0.15, 0.2) is 18.2 Å². The molecule has 2 N–H and O–H groups in total. The lowest BCUT2D eigenvalue weighted by Crippen LogP contribution is -2.47. The van der Waals surface area contributed by atoms with Gasteiger partial charge in [0.25, 0.3) is 0 Å². The number of morpholine rings is 1. The molecule has 0 saturated carbocycles. The third kappa shape index (κ3) is 2.81. The normalized spacial score (nSPS) is 20.4. The van der Waals surface area contributed by atoms with Crippen LogP contribution in [0.2, 0.25) is 0 Å². The molecule has 0 aliphatic carbocycles. The van der Waals surface area contributed by atoms with E-state index in [-0.39, 0.29) is 31.1 Å². The van der Waals surface area contributed by atoms with Gasteiger partial charge in [0, 0.05) is 17.9 Å². The smallest absolute Gasteiger partial charge is 0.399 e. The van der Waals surface area contributed by atoms with Gasteiger partial charge in [0.05, 0.1) is 18.8 Å². The van der Waals surface area contributed by atoms with Gasteiger partial charge in [0.1, 0.15) is 12.3 Å². The van der Waals surface area contributed by atoms with Crippen LogP contribution in [0.1, 0.15) is 5.56 Å². The zero-order valence-electron chi connectivity index (χ0n) is 9.98. The molecule has 1 aromatic carbocycles. The van der Waals surface area contributed by atoms with Crippen molar-refractivity contribution >= 4 is 17.7 Å². The van der Waals surface area contributed by atoms with Gasteiger partial charge in [-0.3, -0.25) is 0 Å². The number of hydrogen-bond donors (Lipinski definition) is 1. The summed E-state index contributed by atoms with van der Waals surface area (Å²) in [7, 11) is 0. The number of nitrogen functional groups attached to an aromatic ring is 1. The number of nitrogens with two attached hydrogens (primary N) is 1. The van der Waals surface area contributed by atoms with E-state index in [0.29, 0.717) is 6.29 Å². The topological polar surface area (TPSA) is 55.6 Å². The maximum atomic E-state index is 13.0. The molecule has 4 nitrogen and oxygen atoms in total. The average Bonchev–Trinajstić information content (AvgIpc) is 2.37. The second-order valence-corrected chi connectivity index (χ2v) is 4.25. The first-order valence-corrected chi connectivity index (χ1v) is 5.70. The van der Waals surface area contributed by atoms with Crippen LogP contribution in [0, 0.1) is 0 Å². The minimum atomic E-state index is -4.52. The number of hydrogen-bond acceptors (Lipinski definition) is 4. The summed E-state index contributed by atoms with van der Waals surface area (Å²) < 4.78 is 44.1. The maximum Gasteiger partial charge on any atom is 0.418 e. The van der Waals surface area contributed by atoms with Crippen molar-refractivity contribution < 1.29 is 22.7 Å². The second kappa shape index (κ2) is 5.08. The summed E-state index contributed by atoms with van der Waals surface area (Å²) in [6.45, 7) is 0.605. The fraction of sp³-hybridized carbons (Fsp3) is 0.417. The summed E-state index contributed by atoms with van der Waals surface area (Å²) in [5.41, 5.74) is 4.57. The highest BCUT2D eigenvalue weighted by molar-refractivity contribution is 5.70. The number of ether oxygens (including phenoxy) is 1. The zero-order valence-corrected chi connectivity index (χ0v) is 9.98. The highest BCUT2D eigenvalue weighted by Gasteiger charge is 2.37. The van der Waals surface area contributed by atoms with Crippen LogP contribution in [0.3, 0.4) is 0 Å². The summed E-state index contributed by atoms with van der Waals surface area (Å²) in [5.74, 6) is 0. The predicted octanol–water partition coefficient (Wildman–Crippen LogP) is 1.69. The van der Waals surface area contributed by atoms with Crippen molar-refractivity contribution in [3.05, 3.63) is 23.8 Å². The summed E-state index contributed by atoms with van der Waals surface area (Å²) in [6.07, 6.45) is -3.92. The molecular formula is C12H13F3N2O2. The van der Waals surface area contributed by atoms with Crippen molar-refractivity contribution in [2.45, 2.75) is 12.2 Å². The molecule has 1 aliphatic rings. The summed E-state index contributed by atoms with van der Waals surface area (Å²) >= 11 is 0. The Labute approximate surface area is 107 Å². The molecule has 1 unspecified atom stereocenters. The molecule has 0 amide bonds. The van der Waals surface area contributed by atoms with Gasteiger partial charge in [-0.2, -0.15) is 13.2 Å². The van der Waals surface area contributed by atoms with Gasteiger partial charge in [-0.1, -0.05) is 0 Å². The molecule has 0 aromatic heterocycles. The van der Waals surface area contributed by atoms with Gasteiger partial charge in [0.15, 0.2) is 0 Å². The SMILES string of the molecule is Nc1ccc(N2CCOCC2C=O)c(C(F)(F)F)c1. The summed E-state index contributed by atoms with van der Waals surface area (Å²) in [6, 6.07) is 2.85. The molecule has 104 valence electrons. The second-order valence-electron chi connectivity index (χ2n) is 4.25. The number of halogens is 3. The molecule has 19 heavy (non-hydrogen) atoms. The van der Waals surface area contributed by atoms with Crippen LogP contribution in [0.5, 0.6) is 0 Å². The van der Waals surface area contributed by atoms with Crippen molar-refractivity contribution in [1.82, 2.24) is 0 Å². The molecule has 0 spiro atoms. The van der Waals surface area contributed by atoms with E-state index < -0.39 is 17.8 Å². The van der Waals surface area contributed by atoms with Crippen LogP contribution in [-0.2, 0) is 15.7 Å². The minimum Gasteiger partial charge on any atom is -0.399 e. The van der Waals surface area contributed by atoms with Crippen LogP contribution >= 0.6 is 0 Å². The molecule has 0 bridgehead atoms. The molecule has 1 atom stereocenters. The molecular weight excluding hydrogens is 261 g/mol. The van der Waals surface area contributed by atoms with Crippen molar-refractivity contribution in [3.8, 4) is 0 Å². The summed E-state index contributed by atoms with van der Waals surface area (Å²) in [5, 5.41) is 0. The molecule has 1 heterocycles. The number of anilines is 2. The largest absolute Gasteiger partial charge is 0.418 e. The van der Waals surface area contributed by atoms with Crippen LogP contribution in [-0.4, -0.2) is 32.1 Å². The van der Waals surface area contributed by atoms with E-state index >= 15 is 0 Å². The molecule has 1 aromatic rings. The Balaban J connectivity index is 2.45. The standard InChI is InChI=1S/C12H13F3N2O2/c13-12(14,15)10-5-8(16)1-2-11(10)17-3-4-19-7-9(17)6-18/h1-2,5-6,9H,3-4,7,16H2. The molecule has 0 radical (unpaired) electrons. The fourth-order valence-electron chi connectivity index (χ4n) is 2.07. The molecule has 1 aliphatic heterocycles. The van der Waals surface area contributed by atoms with Crippen molar-refractivity contribution in [3.63, 3.8) is 0 Å². The Morgan fingerprint density at radius 1 is 1.42 bits per heavy atom. The number of aldehydes is 1. The predicted molar refractivity (Wildman–Crippen MR) is 63.9 cm³/mol. The van der Waals surface area contributed by atoms with E-state index in [9.17, 15) is 18.0 Å². The van der Waals surface area contributed by atoms with E-state index in [1.54, 1.807) is 0 Å².